The molecule has 2 aromatic carbocycles. The van der Waals surface area contributed by atoms with Crippen molar-refractivity contribution in [2.24, 2.45) is 5.92 Å². The molecule has 0 aromatic heterocycles. The van der Waals surface area contributed by atoms with Gasteiger partial charge in [-0.3, -0.25) is 9.69 Å². The number of benzene rings is 2. The van der Waals surface area contributed by atoms with E-state index in [9.17, 15) is 13.6 Å². The second-order valence-electron chi connectivity index (χ2n) is 9.37. The summed E-state index contributed by atoms with van der Waals surface area (Å²) in [5.41, 5.74) is 2.56. The van der Waals surface area contributed by atoms with Gasteiger partial charge < -0.3 is 9.64 Å². The van der Waals surface area contributed by atoms with Crippen molar-refractivity contribution in [3.63, 3.8) is 0 Å². The molecule has 0 N–H and O–H groups in total. The minimum atomic E-state index is -0.351. The fraction of sp³-hybridized carbons (Fsp3) is 0.464. The van der Waals surface area contributed by atoms with E-state index in [1.807, 2.05) is 0 Å². The monoisotopic (exact) mass is 468 g/mol. The molecule has 2 aliphatic rings. The van der Waals surface area contributed by atoms with Gasteiger partial charge in [-0.05, 0) is 86.5 Å². The fourth-order valence-electron chi connectivity index (χ4n) is 5.20. The van der Waals surface area contributed by atoms with Gasteiger partial charge in [0.25, 0.3) is 0 Å². The van der Waals surface area contributed by atoms with Crippen molar-refractivity contribution in [3.05, 3.63) is 77.9 Å². The molecule has 182 valence electrons. The number of rotatable bonds is 8. The molecule has 1 saturated heterocycles. The van der Waals surface area contributed by atoms with Crippen LogP contribution in [-0.2, 0) is 9.53 Å². The lowest BCUT2D eigenvalue weighted by molar-refractivity contribution is -0.120. The Balaban J connectivity index is 1.42. The SMILES string of the molecule is C=CCOCCC1CCN(CC(=O)N2CCCC(c3ccc(F)cc3)c3ccc(F)cc32)CC1. The van der Waals surface area contributed by atoms with Crippen molar-refractivity contribution in [1.82, 2.24) is 4.90 Å². The summed E-state index contributed by atoms with van der Waals surface area (Å²) in [5.74, 6) is 0.0189. The number of likely N-dealkylation sites (tertiary alicyclic amines) is 1. The Morgan fingerprint density at radius 1 is 1.03 bits per heavy atom. The zero-order chi connectivity index (χ0) is 23.9. The maximum Gasteiger partial charge on any atom is 0.241 e. The van der Waals surface area contributed by atoms with Crippen molar-refractivity contribution in [2.75, 3.05) is 44.3 Å². The largest absolute Gasteiger partial charge is 0.377 e. The van der Waals surface area contributed by atoms with Gasteiger partial charge in [-0.15, -0.1) is 6.58 Å². The van der Waals surface area contributed by atoms with Gasteiger partial charge in [-0.25, -0.2) is 8.78 Å². The molecule has 1 atom stereocenters. The molecule has 4 rings (SSSR count). The fourth-order valence-corrected chi connectivity index (χ4v) is 5.20. The minimum Gasteiger partial charge on any atom is -0.377 e. The molecule has 0 bridgehead atoms. The average molecular weight is 469 g/mol. The van der Waals surface area contributed by atoms with Crippen LogP contribution in [0.4, 0.5) is 14.5 Å². The number of anilines is 1. The predicted octanol–water partition coefficient (Wildman–Crippen LogP) is 5.53. The molecule has 4 nitrogen and oxygen atoms in total. The summed E-state index contributed by atoms with van der Waals surface area (Å²) >= 11 is 0. The van der Waals surface area contributed by atoms with Crippen LogP contribution in [0.3, 0.4) is 0 Å². The van der Waals surface area contributed by atoms with Crippen LogP contribution in [0.1, 0.15) is 49.1 Å². The maximum atomic E-state index is 14.3. The smallest absolute Gasteiger partial charge is 0.241 e. The summed E-state index contributed by atoms with van der Waals surface area (Å²) in [6, 6.07) is 11.2. The van der Waals surface area contributed by atoms with Gasteiger partial charge in [0.2, 0.25) is 5.91 Å². The summed E-state index contributed by atoms with van der Waals surface area (Å²) in [6.07, 6.45) is 6.55. The lowest BCUT2D eigenvalue weighted by atomic mass is 9.87. The van der Waals surface area contributed by atoms with Crippen LogP contribution >= 0.6 is 0 Å². The first-order valence-corrected chi connectivity index (χ1v) is 12.3. The number of carbonyl (C=O) groups is 1. The Bertz CT molecular complexity index is 971. The number of halogens is 2. The summed E-state index contributed by atoms with van der Waals surface area (Å²) in [5, 5.41) is 0. The van der Waals surface area contributed by atoms with Gasteiger partial charge in [-0.2, -0.15) is 0 Å². The van der Waals surface area contributed by atoms with Gasteiger partial charge in [0.05, 0.1) is 18.8 Å². The van der Waals surface area contributed by atoms with Crippen LogP contribution in [0.5, 0.6) is 0 Å². The summed E-state index contributed by atoms with van der Waals surface area (Å²) in [4.78, 5) is 17.4. The molecule has 1 fully saturated rings. The van der Waals surface area contributed by atoms with Crippen LogP contribution in [-0.4, -0.2) is 50.2 Å². The number of piperidine rings is 1. The van der Waals surface area contributed by atoms with Crippen molar-refractivity contribution < 1.29 is 18.3 Å². The second-order valence-corrected chi connectivity index (χ2v) is 9.37. The molecule has 2 aromatic rings. The predicted molar refractivity (Wildman–Crippen MR) is 131 cm³/mol. The van der Waals surface area contributed by atoms with Gasteiger partial charge >= 0.3 is 0 Å². The first-order chi connectivity index (χ1) is 16.5. The van der Waals surface area contributed by atoms with E-state index in [1.54, 1.807) is 29.2 Å². The number of carbonyl (C=O) groups excluding carboxylic acids is 1. The van der Waals surface area contributed by atoms with Crippen molar-refractivity contribution >= 4 is 11.6 Å². The summed E-state index contributed by atoms with van der Waals surface area (Å²) < 4.78 is 33.3. The Morgan fingerprint density at radius 3 is 2.50 bits per heavy atom. The molecule has 34 heavy (non-hydrogen) atoms. The molecule has 2 aliphatic heterocycles. The normalized spacial score (nSPS) is 19.5. The Labute approximate surface area is 201 Å². The third-order valence-electron chi connectivity index (χ3n) is 7.08. The quantitative estimate of drug-likeness (QED) is 0.377. The van der Waals surface area contributed by atoms with E-state index < -0.39 is 0 Å². The van der Waals surface area contributed by atoms with E-state index in [4.69, 9.17) is 4.74 Å². The van der Waals surface area contributed by atoms with Crippen molar-refractivity contribution in [1.29, 1.82) is 0 Å². The molecule has 1 unspecified atom stereocenters. The van der Waals surface area contributed by atoms with E-state index in [0.29, 0.717) is 31.3 Å². The third-order valence-corrected chi connectivity index (χ3v) is 7.08. The van der Waals surface area contributed by atoms with E-state index in [0.717, 1.165) is 62.9 Å². The Morgan fingerprint density at radius 2 is 1.76 bits per heavy atom. The average Bonchev–Trinajstić information content (AvgIpc) is 3.03. The molecule has 0 aliphatic carbocycles. The highest BCUT2D eigenvalue weighted by molar-refractivity contribution is 5.96. The number of amides is 1. The second kappa shape index (κ2) is 11.7. The number of nitrogens with zero attached hydrogens (tertiary/aromatic N) is 2. The number of fused-ring (bicyclic) bond motifs is 1. The molecule has 2 heterocycles. The third kappa shape index (κ3) is 6.10. The first kappa shape index (κ1) is 24.6. The van der Waals surface area contributed by atoms with Crippen molar-refractivity contribution in [2.45, 2.75) is 38.0 Å². The summed E-state index contributed by atoms with van der Waals surface area (Å²) in [7, 11) is 0. The van der Waals surface area contributed by atoms with Crippen LogP contribution in [0.2, 0.25) is 0 Å². The number of hydrogen-bond acceptors (Lipinski definition) is 3. The summed E-state index contributed by atoms with van der Waals surface area (Å²) in [6.45, 7) is 7.69. The van der Waals surface area contributed by atoms with E-state index >= 15 is 0 Å². The van der Waals surface area contributed by atoms with Gasteiger partial charge in [-0.1, -0.05) is 24.3 Å². The zero-order valence-corrected chi connectivity index (χ0v) is 19.7. The van der Waals surface area contributed by atoms with E-state index in [-0.39, 0.29) is 23.5 Å². The zero-order valence-electron chi connectivity index (χ0n) is 19.7. The van der Waals surface area contributed by atoms with Crippen LogP contribution in [0.25, 0.3) is 0 Å². The minimum absolute atomic E-state index is 0.00746. The van der Waals surface area contributed by atoms with Gasteiger partial charge in [0, 0.05) is 19.1 Å². The molecular weight excluding hydrogens is 434 g/mol. The Hall–Kier alpha value is -2.57. The standard InChI is InChI=1S/C28H34F2N2O2/c1-2-17-34-18-13-21-11-15-31(16-12-21)20-28(33)32-14-3-4-25(22-5-7-23(29)8-6-22)26-10-9-24(30)19-27(26)32/h2,5-10,19,21,25H,1,3-4,11-18,20H2. The van der Waals surface area contributed by atoms with E-state index in [2.05, 4.69) is 11.5 Å². The van der Waals surface area contributed by atoms with Gasteiger partial charge in [0.1, 0.15) is 11.6 Å². The molecule has 0 radical (unpaired) electrons. The Kier molecular flexibility index (Phi) is 8.46. The van der Waals surface area contributed by atoms with Crippen LogP contribution in [0, 0.1) is 17.6 Å². The van der Waals surface area contributed by atoms with Crippen molar-refractivity contribution in [3.8, 4) is 0 Å². The highest BCUT2D eigenvalue weighted by Gasteiger charge is 2.29. The van der Waals surface area contributed by atoms with E-state index in [1.165, 1.54) is 24.3 Å². The molecule has 0 spiro atoms. The lowest BCUT2D eigenvalue weighted by Gasteiger charge is -2.33. The topological polar surface area (TPSA) is 32.8 Å². The highest BCUT2D eigenvalue weighted by atomic mass is 19.1. The number of ether oxygens (including phenoxy) is 1. The maximum absolute atomic E-state index is 14.3. The number of hydrogen-bond donors (Lipinski definition) is 0. The van der Waals surface area contributed by atoms with Crippen LogP contribution in [0.15, 0.2) is 55.1 Å². The highest BCUT2D eigenvalue weighted by Crippen LogP contribution is 2.39. The first-order valence-electron chi connectivity index (χ1n) is 12.3. The van der Waals surface area contributed by atoms with Crippen LogP contribution < -0.4 is 4.90 Å². The van der Waals surface area contributed by atoms with Gasteiger partial charge in [0.15, 0.2) is 0 Å². The molecule has 0 saturated carbocycles. The molecule has 6 heteroatoms. The molecule has 1 amide bonds. The molecular formula is C28H34F2N2O2. The lowest BCUT2D eigenvalue weighted by Crippen LogP contribution is -2.44.